The number of nitrogens with zero attached hydrogens (tertiary/aromatic N) is 3. The minimum atomic E-state index is 0.388. The summed E-state index contributed by atoms with van der Waals surface area (Å²) in [6, 6.07) is 1.24. The third-order valence-electron chi connectivity index (χ3n) is 7.63. The third-order valence-corrected chi connectivity index (χ3v) is 7.63. The number of rotatable bonds is 5. The Morgan fingerprint density at radius 2 is 2.04 bits per heavy atom. The average Bonchev–Trinajstić information content (AvgIpc) is 3.37. The lowest BCUT2D eigenvalue weighted by Gasteiger charge is -2.57. The van der Waals surface area contributed by atoms with Gasteiger partial charge in [-0.2, -0.15) is 0 Å². The van der Waals surface area contributed by atoms with E-state index in [-0.39, 0.29) is 0 Å². The molecule has 0 radical (unpaired) electrons. The van der Waals surface area contributed by atoms with Gasteiger partial charge >= 0.3 is 0 Å². The molecule has 2 aliphatic carbocycles. The zero-order chi connectivity index (χ0) is 18.1. The molecule has 4 unspecified atom stereocenters. The van der Waals surface area contributed by atoms with E-state index >= 15 is 0 Å². The molecule has 5 nitrogen and oxygen atoms in total. The first-order chi connectivity index (χ1) is 12.7. The quantitative estimate of drug-likeness (QED) is 0.603. The topological polar surface area (TPSA) is 40.1 Å². The minimum Gasteiger partial charge on any atom is -0.377 e. The largest absolute Gasteiger partial charge is 0.377 e. The number of ether oxygens (including phenoxy) is 1. The van der Waals surface area contributed by atoms with E-state index in [2.05, 4.69) is 36.0 Å². The highest BCUT2D eigenvalue weighted by atomic mass is 16.5. The molecule has 1 N–H and O–H groups in total. The van der Waals surface area contributed by atoms with Crippen molar-refractivity contribution >= 4 is 5.96 Å². The van der Waals surface area contributed by atoms with Crippen LogP contribution in [0.4, 0.5) is 0 Å². The predicted molar refractivity (Wildman–Crippen MR) is 107 cm³/mol. The van der Waals surface area contributed by atoms with Crippen molar-refractivity contribution in [3.63, 3.8) is 0 Å². The summed E-state index contributed by atoms with van der Waals surface area (Å²) in [5.74, 6) is 1.82. The number of guanidine groups is 1. The first-order valence-electron chi connectivity index (χ1n) is 11.1. The highest BCUT2D eigenvalue weighted by Gasteiger charge is 2.65. The zero-order valence-electron chi connectivity index (χ0n) is 17.0. The molecule has 2 saturated carbocycles. The first-order valence-corrected chi connectivity index (χ1v) is 11.1. The minimum absolute atomic E-state index is 0.388. The van der Waals surface area contributed by atoms with E-state index in [4.69, 9.17) is 9.73 Å². The summed E-state index contributed by atoms with van der Waals surface area (Å²) in [7, 11) is 2.23. The van der Waals surface area contributed by atoms with Crippen molar-refractivity contribution in [2.75, 3.05) is 39.8 Å². The molecule has 2 aliphatic heterocycles. The molecule has 2 saturated heterocycles. The fourth-order valence-electron chi connectivity index (χ4n) is 6.39. The maximum atomic E-state index is 6.16. The van der Waals surface area contributed by atoms with Crippen LogP contribution in [-0.2, 0) is 4.74 Å². The molecule has 0 amide bonds. The van der Waals surface area contributed by atoms with Crippen molar-refractivity contribution in [2.45, 2.75) is 77.0 Å². The summed E-state index contributed by atoms with van der Waals surface area (Å²) in [5, 5.41) is 3.94. The van der Waals surface area contributed by atoms with Gasteiger partial charge in [-0.05, 0) is 52.1 Å². The second-order valence-electron chi connectivity index (χ2n) is 8.91. The van der Waals surface area contributed by atoms with Gasteiger partial charge in [0.25, 0.3) is 0 Å². The second kappa shape index (κ2) is 7.67. The van der Waals surface area contributed by atoms with E-state index in [0.29, 0.717) is 29.5 Å². The number of likely N-dealkylation sites (N-methyl/N-ethyl adjacent to an activating group) is 2. The van der Waals surface area contributed by atoms with Gasteiger partial charge in [0.05, 0.1) is 6.10 Å². The number of nitrogens with one attached hydrogen (secondary N) is 1. The van der Waals surface area contributed by atoms with Gasteiger partial charge in [0, 0.05) is 50.2 Å². The summed E-state index contributed by atoms with van der Waals surface area (Å²) in [5.41, 5.74) is 0.388. The Kier molecular flexibility index (Phi) is 5.47. The predicted octanol–water partition coefficient (Wildman–Crippen LogP) is 2.72. The van der Waals surface area contributed by atoms with Crippen LogP contribution in [0.2, 0.25) is 0 Å². The first kappa shape index (κ1) is 18.5. The molecule has 0 bridgehead atoms. The Morgan fingerprint density at radius 1 is 1.23 bits per heavy atom. The third kappa shape index (κ3) is 3.05. The Bertz CT molecular complexity index is 516. The van der Waals surface area contributed by atoms with Crippen molar-refractivity contribution < 1.29 is 4.74 Å². The number of hydrogen-bond donors (Lipinski definition) is 1. The SMILES string of the molecule is CCN=C(NC1C2CCOC2C12CCCC2)N(C)CC1CCCN1CC. The van der Waals surface area contributed by atoms with Crippen LogP contribution in [0.1, 0.15) is 58.8 Å². The van der Waals surface area contributed by atoms with Crippen molar-refractivity contribution in [1.29, 1.82) is 0 Å². The molecule has 4 rings (SSSR count). The highest BCUT2D eigenvalue weighted by molar-refractivity contribution is 5.80. The molecule has 5 heteroatoms. The number of aliphatic imine (C=N–C) groups is 1. The van der Waals surface area contributed by atoms with Crippen LogP contribution in [0.5, 0.6) is 0 Å². The molecule has 148 valence electrons. The average molecular weight is 363 g/mol. The number of fused-ring (bicyclic) bond motifs is 2. The van der Waals surface area contributed by atoms with Gasteiger partial charge in [-0.15, -0.1) is 0 Å². The standard InChI is InChI=1S/C21H38N4O/c1-4-22-20(24(3)15-16-9-8-13-25(16)5-2)23-18-17-10-14-26-19(17)21(18)11-6-7-12-21/h16-19H,4-15H2,1-3H3,(H,22,23). The maximum absolute atomic E-state index is 6.16. The zero-order valence-corrected chi connectivity index (χ0v) is 17.0. The molecule has 0 aromatic rings. The fourth-order valence-corrected chi connectivity index (χ4v) is 6.39. The molecule has 0 aromatic heterocycles. The molecular formula is C21H38N4O. The van der Waals surface area contributed by atoms with E-state index in [0.717, 1.165) is 25.7 Å². The lowest BCUT2D eigenvalue weighted by molar-refractivity contribution is -0.125. The molecule has 1 spiro atoms. The van der Waals surface area contributed by atoms with Crippen LogP contribution in [0.15, 0.2) is 4.99 Å². The Balaban J connectivity index is 1.44. The van der Waals surface area contributed by atoms with Gasteiger partial charge in [0.15, 0.2) is 5.96 Å². The van der Waals surface area contributed by atoms with Crippen molar-refractivity contribution in [3.8, 4) is 0 Å². The van der Waals surface area contributed by atoms with E-state index in [1.165, 1.54) is 58.0 Å². The van der Waals surface area contributed by atoms with Crippen LogP contribution in [0, 0.1) is 11.3 Å². The Morgan fingerprint density at radius 3 is 2.77 bits per heavy atom. The molecule has 4 atom stereocenters. The van der Waals surface area contributed by atoms with Crippen molar-refractivity contribution in [3.05, 3.63) is 0 Å². The summed E-state index contributed by atoms with van der Waals surface area (Å²) in [4.78, 5) is 9.90. The van der Waals surface area contributed by atoms with Crippen LogP contribution in [-0.4, -0.2) is 73.8 Å². The molecule has 0 aromatic carbocycles. The molecule has 4 fully saturated rings. The van der Waals surface area contributed by atoms with Crippen molar-refractivity contribution in [1.82, 2.24) is 15.1 Å². The Hall–Kier alpha value is -0.810. The number of likely N-dealkylation sites (tertiary alicyclic amines) is 1. The van der Waals surface area contributed by atoms with Crippen LogP contribution < -0.4 is 5.32 Å². The van der Waals surface area contributed by atoms with Crippen LogP contribution in [0.3, 0.4) is 0 Å². The van der Waals surface area contributed by atoms with E-state index in [1.54, 1.807) is 0 Å². The van der Waals surface area contributed by atoms with Gasteiger partial charge in [0.1, 0.15) is 0 Å². The Labute approximate surface area is 159 Å². The number of hydrogen-bond acceptors (Lipinski definition) is 3. The molecule has 4 aliphatic rings. The van der Waals surface area contributed by atoms with Gasteiger partial charge in [-0.3, -0.25) is 9.89 Å². The van der Waals surface area contributed by atoms with E-state index in [1.807, 2.05) is 0 Å². The summed E-state index contributed by atoms with van der Waals surface area (Å²) in [6.45, 7) is 9.75. The molecule has 26 heavy (non-hydrogen) atoms. The van der Waals surface area contributed by atoms with Crippen LogP contribution >= 0.6 is 0 Å². The van der Waals surface area contributed by atoms with Gasteiger partial charge in [-0.25, -0.2) is 0 Å². The van der Waals surface area contributed by atoms with Crippen molar-refractivity contribution in [2.24, 2.45) is 16.3 Å². The van der Waals surface area contributed by atoms with Gasteiger partial charge in [0.2, 0.25) is 0 Å². The highest BCUT2D eigenvalue weighted by Crippen LogP contribution is 2.60. The lowest BCUT2D eigenvalue weighted by atomic mass is 9.54. The van der Waals surface area contributed by atoms with E-state index in [9.17, 15) is 0 Å². The second-order valence-corrected chi connectivity index (χ2v) is 8.91. The summed E-state index contributed by atoms with van der Waals surface area (Å²) in [6.07, 6.45) is 9.81. The van der Waals surface area contributed by atoms with Gasteiger partial charge in [-0.1, -0.05) is 19.8 Å². The maximum Gasteiger partial charge on any atom is 0.193 e. The molecule has 2 heterocycles. The smallest absolute Gasteiger partial charge is 0.193 e. The summed E-state index contributed by atoms with van der Waals surface area (Å²) >= 11 is 0. The fraction of sp³-hybridized carbons (Fsp3) is 0.952. The van der Waals surface area contributed by atoms with E-state index < -0.39 is 0 Å². The van der Waals surface area contributed by atoms with Gasteiger partial charge < -0.3 is 15.0 Å². The molecular weight excluding hydrogens is 324 g/mol. The normalized spacial score (nSPS) is 36.3. The van der Waals surface area contributed by atoms with Crippen LogP contribution in [0.25, 0.3) is 0 Å². The monoisotopic (exact) mass is 362 g/mol. The summed E-state index contributed by atoms with van der Waals surface area (Å²) < 4.78 is 6.16. The lowest BCUT2D eigenvalue weighted by Crippen LogP contribution is -2.69.